The normalized spacial score (nSPS) is 14.8. The van der Waals surface area contributed by atoms with Crippen LogP contribution in [-0.4, -0.2) is 36.7 Å². The molecule has 0 aliphatic carbocycles. The van der Waals surface area contributed by atoms with E-state index in [1.165, 1.54) is 10.9 Å². The van der Waals surface area contributed by atoms with Gasteiger partial charge < -0.3 is 0 Å². The molecule has 1 radical (unpaired) electrons. The predicted octanol–water partition coefficient (Wildman–Crippen LogP) is 0.854. The molecule has 0 saturated carbocycles. The van der Waals surface area contributed by atoms with E-state index < -0.39 is 4.64 Å². The summed E-state index contributed by atoms with van der Waals surface area (Å²) in [5.41, 5.74) is 8.23. The van der Waals surface area contributed by atoms with E-state index in [0.717, 1.165) is 16.6 Å². The van der Waals surface area contributed by atoms with Crippen LogP contribution in [0.25, 0.3) is 0 Å². The van der Waals surface area contributed by atoms with Crippen molar-refractivity contribution in [3.8, 4) is 0 Å². The molecule has 2 rings (SSSR count). The third-order valence-corrected chi connectivity index (χ3v) is 10.2. The maximum atomic E-state index is 6.24. The van der Waals surface area contributed by atoms with Gasteiger partial charge in [-0.1, -0.05) is 0 Å². The van der Waals surface area contributed by atoms with Crippen LogP contribution in [0.15, 0.2) is 59.1 Å². The van der Waals surface area contributed by atoms with Crippen LogP contribution in [0.3, 0.4) is 0 Å². The third kappa shape index (κ3) is 4.18. The summed E-state index contributed by atoms with van der Waals surface area (Å²) in [4.78, 5) is 3.32. The molecule has 0 amide bonds. The van der Waals surface area contributed by atoms with Gasteiger partial charge in [-0.05, 0) is 0 Å². The molecule has 0 fully saturated rings. The molecule has 2 nitrogen and oxygen atoms in total. The Bertz CT molecular complexity index is 600. The molecule has 2 aromatic rings. The minimum atomic E-state index is -1.71. The van der Waals surface area contributed by atoms with Crippen molar-refractivity contribution in [2.45, 2.75) is 6.54 Å². The van der Waals surface area contributed by atoms with Crippen molar-refractivity contribution in [2.75, 3.05) is 0 Å². The Kier molecular flexibility index (Phi) is 5.86. The molecule has 6 heteroatoms. The number of hydrogen-bond acceptors (Lipinski definition) is 0. The summed E-state index contributed by atoms with van der Waals surface area (Å²) in [5, 5.41) is 1.21. The first-order chi connectivity index (χ1) is 9.50. The summed E-state index contributed by atoms with van der Waals surface area (Å²) >= 11 is 9.91. The summed E-state index contributed by atoms with van der Waals surface area (Å²) < 4.78 is -0.628. The summed E-state index contributed by atoms with van der Waals surface area (Å²) in [6, 6.07) is 18.5. The molecular formula is C14H14BrN2PSe2+. The van der Waals surface area contributed by atoms with E-state index in [-0.39, 0.29) is 0 Å². The minimum absolute atomic E-state index is 0.719. The molecule has 0 aromatic heterocycles. The van der Waals surface area contributed by atoms with Gasteiger partial charge in [-0.15, -0.1) is 0 Å². The first-order valence-corrected chi connectivity index (χ1v) is 13.0. The molecule has 0 aliphatic heterocycles. The standard InChI is InChI=1S/C14H13BrN2PSe2/c15-12-8-6-11(7-9-12)10-17-14(16)18(19,20)13-4-2-1-3-5-13/h1-9H,10H2,(H2,16,17)/p+1. The van der Waals surface area contributed by atoms with E-state index in [4.69, 9.17) is 5.73 Å². The Morgan fingerprint density at radius 3 is 2.35 bits per heavy atom. The average Bonchev–Trinajstić information content (AvgIpc) is 2.47. The van der Waals surface area contributed by atoms with Crippen LogP contribution in [0.1, 0.15) is 5.56 Å². The van der Waals surface area contributed by atoms with Crippen LogP contribution in [0.5, 0.6) is 0 Å². The van der Waals surface area contributed by atoms with Crippen LogP contribution in [0, 0.1) is 0 Å². The fourth-order valence-corrected chi connectivity index (χ4v) is 5.40. The van der Waals surface area contributed by atoms with E-state index in [9.17, 15) is 0 Å². The second kappa shape index (κ2) is 7.22. The molecule has 0 spiro atoms. The van der Waals surface area contributed by atoms with Crippen molar-refractivity contribution in [1.82, 2.24) is 0 Å². The molecule has 2 aromatic carbocycles. The van der Waals surface area contributed by atoms with Gasteiger partial charge in [0.05, 0.1) is 0 Å². The van der Waals surface area contributed by atoms with Gasteiger partial charge in [0.25, 0.3) is 0 Å². The molecule has 0 bridgehead atoms. The Labute approximate surface area is 143 Å². The van der Waals surface area contributed by atoms with Gasteiger partial charge in [0.1, 0.15) is 0 Å². The van der Waals surface area contributed by atoms with Crippen LogP contribution >= 0.6 is 20.6 Å². The van der Waals surface area contributed by atoms with Crippen molar-refractivity contribution in [1.29, 1.82) is 0 Å². The second-order valence-electron chi connectivity index (χ2n) is 4.25. The Morgan fingerprint density at radius 2 is 1.75 bits per heavy atom. The summed E-state index contributed by atoms with van der Waals surface area (Å²) in [6.07, 6.45) is 0. The number of halogens is 1. The summed E-state index contributed by atoms with van der Waals surface area (Å²) in [5.74, 6) is 0. The topological polar surface area (TPSA) is 40.0 Å². The van der Waals surface area contributed by atoms with Gasteiger partial charge >= 0.3 is 144 Å². The molecule has 0 unspecified atom stereocenters. The fourth-order valence-electron chi connectivity index (χ4n) is 1.66. The van der Waals surface area contributed by atoms with Gasteiger partial charge in [0.15, 0.2) is 0 Å². The Morgan fingerprint density at radius 1 is 1.15 bits per heavy atom. The monoisotopic (exact) mass is 480 g/mol. The molecule has 3 N–H and O–H groups in total. The predicted molar refractivity (Wildman–Crippen MR) is 92.5 cm³/mol. The van der Waals surface area contributed by atoms with Gasteiger partial charge in [-0.2, -0.15) is 0 Å². The molecule has 0 aliphatic rings. The summed E-state index contributed by atoms with van der Waals surface area (Å²) in [7, 11) is 0. The Hall–Kier alpha value is -0.141. The maximum absolute atomic E-state index is 6.24. The summed E-state index contributed by atoms with van der Waals surface area (Å²) in [6.45, 7) is 0.719. The molecule has 20 heavy (non-hydrogen) atoms. The zero-order chi connectivity index (χ0) is 14.6. The molecule has 103 valence electrons. The van der Waals surface area contributed by atoms with Gasteiger partial charge in [0.2, 0.25) is 0 Å². The molecule has 0 heterocycles. The van der Waals surface area contributed by atoms with Gasteiger partial charge in [0, 0.05) is 0 Å². The number of nitrogens with two attached hydrogens (primary N) is 1. The van der Waals surface area contributed by atoms with Gasteiger partial charge in [-0.3, -0.25) is 0 Å². The second-order valence-corrected chi connectivity index (χ2v) is 17.7. The number of amidine groups is 1. The van der Waals surface area contributed by atoms with Crippen LogP contribution in [0.4, 0.5) is 0 Å². The van der Waals surface area contributed by atoms with E-state index >= 15 is 0 Å². The van der Waals surface area contributed by atoms with Crippen molar-refractivity contribution in [3.63, 3.8) is 0 Å². The quantitative estimate of drug-likeness (QED) is 0.291. The van der Waals surface area contributed by atoms with Crippen molar-refractivity contribution in [2.24, 2.45) is 5.73 Å². The van der Waals surface area contributed by atoms with Crippen LogP contribution in [0.2, 0.25) is 0 Å². The first kappa shape index (κ1) is 16.2. The number of hydrogen-bond donors (Lipinski definition) is 2. The van der Waals surface area contributed by atoms with Crippen molar-refractivity contribution in [3.05, 3.63) is 64.6 Å². The number of benzene rings is 2. The third-order valence-electron chi connectivity index (χ3n) is 2.80. The molecule has 0 atom stereocenters. The van der Waals surface area contributed by atoms with E-state index in [1.54, 1.807) is 0 Å². The van der Waals surface area contributed by atoms with E-state index in [1.807, 2.05) is 30.3 Å². The molecular weight excluding hydrogens is 465 g/mol. The van der Waals surface area contributed by atoms with E-state index in [2.05, 4.69) is 76.3 Å². The van der Waals surface area contributed by atoms with Crippen molar-refractivity contribution < 1.29 is 4.99 Å². The zero-order valence-electron chi connectivity index (χ0n) is 10.6. The number of rotatable bonds is 4. The van der Waals surface area contributed by atoms with E-state index in [0.29, 0.717) is 0 Å². The first-order valence-electron chi connectivity index (χ1n) is 5.98. The Balaban J connectivity index is 2.15. The van der Waals surface area contributed by atoms with Crippen LogP contribution < -0.4 is 16.0 Å². The van der Waals surface area contributed by atoms with Gasteiger partial charge in [-0.25, -0.2) is 0 Å². The SMILES string of the molecule is NC(=[NH+]Cc1ccc(Br)cc1)[P+]([Se])([Se-])c1ccccc1. The average molecular weight is 479 g/mol. The zero-order valence-corrected chi connectivity index (χ0v) is 16.5. The fraction of sp³-hybridized carbons (Fsp3) is 0.0714. The number of nitrogens with one attached hydrogen (secondary N) is 1. The van der Waals surface area contributed by atoms with Crippen LogP contribution in [-0.2, 0) is 6.54 Å². The molecule has 0 saturated heterocycles. The van der Waals surface area contributed by atoms with Crippen molar-refractivity contribution >= 4 is 62.6 Å².